The highest BCUT2D eigenvalue weighted by Crippen LogP contribution is 2.13. The first-order chi connectivity index (χ1) is 9.74. The van der Waals surface area contributed by atoms with E-state index in [2.05, 4.69) is 62.2 Å². The third kappa shape index (κ3) is 5.64. The van der Waals surface area contributed by atoms with Crippen LogP contribution in [0.3, 0.4) is 0 Å². The van der Waals surface area contributed by atoms with Crippen LogP contribution in [0.2, 0.25) is 0 Å². The molecule has 1 rings (SSSR count). The Morgan fingerprint density at radius 2 is 1.65 bits per heavy atom. The van der Waals surface area contributed by atoms with Gasteiger partial charge in [-0.1, -0.05) is 58.4 Å². The molecule has 0 radical (unpaired) electrons. The van der Waals surface area contributed by atoms with Crippen LogP contribution in [-0.2, 0) is 13.1 Å². The first kappa shape index (κ1) is 17.2. The molecule has 0 aliphatic carbocycles. The first-order valence-electron chi connectivity index (χ1n) is 8.27. The fourth-order valence-electron chi connectivity index (χ4n) is 2.63. The molecular weight excluding hydrogens is 244 g/mol. The fourth-order valence-corrected chi connectivity index (χ4v) is 2.63. The normalized spacial score (nSPS) is 12.8. The van der Waals surface area contributed by atoms with Gasteiger partial charge in [-0.2, -0.15) is 0 Å². The molecule has 0 aliphatic heterocycles. The number of hydrogen-bond donors (Lipinski definition) is 1. The van der Waals surface area contributed by atoms with Crippen LogP contribution in [0.25, 0.3) is 0 Å². The lowest BCUT2D eigenvalue weighted by molar-refractivity contribution is 0.294. The van der Waals surface area contributed by atoms with Crippen molar-refractivity contribution in [3.8, 4) is 0 Å². The Morgan fingerprint density at radius 1 is 1.00 bits per heavy atom. The lowest BCUT2D eigenvalue weighted by atomic mass is 10.0. The average Bonchev–Trinajstić information content (AvgIpc) is 2.50. The quantitative estimate of drug-likeness (QED) is 0.689. The molecule has 1 atom stereocenters. The van der Waals surface area contributed by atoms with Crippen molar-refractivity contribution in [2.75, 3.05) is 13.1 Å². The molecule has 2 heteroatoms. The van der Waals surface area contributed by atoms with E-state index >= 15 is 0 Å². The molecule has 1 aromatic rings. The number of benzene rings is 1. The zero-order chi connectivity index (χ0) is 14.8. The number of nitrogens with zero attached hydrogens (tertiary/aromatic N) is 1. The lowest BCUT2D eigenvalue weighted by Crippen LogP contribution is -2.29. The fraction of sp³-hybridized carbons (Fsp3) is 0.667. The predicted octanol–water partition coefficient (Wildman–Crippen LogP) is 4.20. The van der Waals surface area contributed by atoms with Crippen molar-refractivity contribution in [3.05, 3.63) is 35.4 Å². The van der Waals surface area contributed by atoms with Crippen molar-refractivity contribution in [2.45, 2.75) is 66.1 Å². The predicted molar refractivity (Wildman–Crippen MR) is 88.9 cm³/mol. The highest BCUT2D eigenvalue weighted by atomic mass is 15.1. The minimum absolute atomic E-state index is 0.654. The van der Waals surface area contributed by atoms with E-state index in [1.54, 1.807) is 0 Å². The molecule has 0 aromatic heterocycles. The number of hydrogen-bond acceptors (Lipinski definition) is 2. The van der Waals surface area contributed by atoms with Crippen LogP contribution < -0.4 is 5.32 Å². The summed E-state index contributed by atoms with van der Waals surface area (Å²) in [5, 5.41) is 3.72. The minimum Gasteiger partial charge on any atom is -0.310 e. The second kappa shape index (κ2) is 9.95. The number of rotatable bonds is 10. The summed E-state index contributed by atoms with van der Waals surface area (Å²) in [6.07, 6.45) is 3.74. The van der Waals surface area contributed by atoms with Gasteiger partial charge in [-0.25, -0.2) is 0 Å². The van der Waals surface area contributed by atoms with Crippen LogP contribution in [0.15, 0.2) is 24.3 Å². The second-order valence-electron chi connectivity index (χ2n) is 5.50. The molecule has 1 unspecified atom stereocenters. The third-order valence-corrected chi connectivity index (χ3v) is 4.12. The Morgan fingerprint density at radius 3 is 2.20 bits per heavy atom. The summed E-state index contributed by atoms with van der Waals surface area (Å²) in [7, 11) is 0. The molecule has 0 fully saturated rings. The Labute approximate surface area is 125 Å². The van der Waals surface area contributed by atoms with Crippen LogP contribution >= 0.6 is 0 Å². The highest BCUT2D eigenvalue weighted by molar-refractivity contribution is 5.27. The summed E-state index contributed by atoms with van der Waals surface area (Å²) in [5.41, 5.74) is 2.92. The molecule has 2 nitrogen and oxygen atoms in total. The minimum atomic E-state index is 0.654. The Hall–Kier alpha value is -0.860. The maximum absolute atomic E-state index is 3.72. The lowest BCUT2D eigenvalue weighted by Gasteiger charge is -2.22. The van der Waals surface area contributed by atoms with Crippen molar-refractivity contribution < 1.29 is 0 Å². The van der Waals surface area contributed by atoms with E-state index in [0.29, 0.717) is 6.04 Å². The third-order valence-electron chi connectivity index (χ3n) is 4.12. The van der Waals surface area contributed by atoms with E-state index in [-0.39, 0.29) is 0 Å². The van der Waals surface area contributed by atoms with Gasteiger partial charge in [0.05, 0.1) is 0 Å². The molecule has 20 heavy (non-hydrogen) atoms. The van der Waals surface area contributed by atoms with Crippen LogP contribution in [0.4, 0.5) is 0 Å². The molecule has 114 valence electrons. The second-order valence-corrected chi connectivity index (χ2v) is 5.50. The van der Waals surface area contributed by atoms with Crippen LogP contribution in [0.1, 0.15) is 58.1 Å². The molecule has 0 amide bonds. The molecule has 0 saturated heterocycles. The van der Waals surface area contributed by atoms with Gasteiger partial charge in [-0.05, 0) is 37.1 Å². The van der Waals surface area contributed by atoms with Crippen LogP contribution in [0.5, 0.6) is 0 Å². The van der Waals surface area contributed by atoms with Crippen LogP contribution in [-0.4, -0.2) is 24.0 Å². The Bertz CT molecular complexity index is 358. The van der Waals surface area contributed by atoms with Gasteiger partial charge in [0, 0.05) is 19.1 Å². The van der Waals surface area contributed by atoms with Gasteiger partial charge in [0.15, 0.2) is 0 Å². The van der Waals surface area contributed by atoms with E-state index < -0.39 is 0 Å². The van der Waals surface area contributed by atoms with Gasteiger partial charge < -0.3 is 5.32 Å². The van der Waals surface area contributed by atoms with E-state index in [9.17, 15) is 0 Å². The molecular formula is C18H32N2. The molecule has 0 bridgehead atoms. The molecule has 0 heterocycles. The van der Waals surface area contributed by atoms with Crippen LogP contribution in [0, 0.1) is 0 Å². The Balaban J connectivity index is 2.65. The first-order valence-corrected chi connectivity index (χ1v) is 8.27. The highest BCUT2D eigenvalue weighted by Gasteiger charge is 2.08. The van der Waals surface area contributed by atoms with E-state index in [4.69, 9.17) is 0 Å². The average molecular weight is 276 g/mol. The molecule has 1 aromatic carbocycles. The standard InChI is InChI=1S/C18H32N2/c1-5-11-18(6-2)19-14-16-12-9-10-13-17(16)15-20(7-3)8-4/h9-10,12-13,18-19H,5-8,11,14-15H2,1-4H3. The zero-order valence-electron chi connectivity index (χ0n) is 13.8. The van der Waals surface area contributed by atoms with Gasteiger partial charge >= 0.3 is 0 Å². The van der Waals surface area contributed by atoms with E-state index in [0.717, 1.165) is 26.2 Å². The molecule has 0 saturated carbocycles. The zero-order valence-corrected chi connectivity index (χ0v) is 13.8. The van der Waals surface area contributed by atoms with E-state index in [1.807, 2.05) is 0 Å². The summed E-state index contributed by atoms with van der Waals surface area (Å²) < 4.78 is 0. The van der Waals surface area contributed by atoms with Gasteiger partial charge in [-0.15, -0.1) is 0 Å². The SMILES string of the molecule is CCCC(CC)NCc1ccccc1CN(CC)CC. The van der Waals surface area contributed by atoms with Crippen molar-refractivity contribution >= 4 is 0 Å². The maximum atomic E-state index is 3.72. The van der Waals surface area contributed by atoms with Crippen molar-refractivity contribution in [1.29, 1.82) is 0 Å². The topological polar surface area (TPSA) is 15.3 Å². The van der Waals surface area contributed by atoms with Gasteiger partial charge in [0.2, 0.25) is 0 Å². The summed E-state index contributed by atoms with van der Waals surface area (Å²) in [4.78, 5) is 2.47. The molecule has 0 aliphatic rings. The summed E-state index contributed by atoms with van der Waals surface area (Å²) >= 11 is 0. The van der Waals surface area contributed by atoms with Crippen molar-refractivity contribution in [2.24, 2.45) is 0 Å². The largest absolute Gasteiger partial charge is 0.310 e. The summed E-state index contributed by atoms with van der Waals surface area (Å²) in [5.74, 6) is 0. The van der Waals surface area contributed by atoms with E-state index in [1.165, 1.54) is 30.4 Å². The summed E-state index contributed by atoms with van der Waals surface area (Å²) in [6.45, 7) is 13.3. The molecule has 1 N–H and O–H groups in total. The van der Waals surface area contributed by atoms with Crippen molar-refractivity contribution in [1.82, 2.24) is 10.2 Å². The summed E-state index contributed by atoms with van der Waals surface area (Å²) in [6, 6.07) is 9.51. The Kier molecular flexibility index (Phi) is 8.56. The monoisotopic (exact) mass is 276 g/mol. The van der Waals surface area contributed by atoms with Gasteiger partial charge in [0.25, 0.3) is 0 Å². The maximum Gasteiger partial charge on any atom is 0.0236 e. The smallest absolute Gasteiger partial charge is 0.0236 e. The van der Waals surface area contributed by atoms with Crippen molar-refractivity contribution in [3.63, 3.8) is 0 Å². The number of nitrogens with one attached hydrogen (secondary N) is 1. The molecule has 0 spiro atoms. The van der Waals surface area contributed by atoms with Gasteiger partial charge in [-0.3, -0.25) is 4.90 Å². The van der Waals surface area contributed by atoms with Gasteiger partial charge in [0.1, 0.15) is 0 Å².